The molecule has 4 rings (SSSR count). The lowest BCUT2D eigenvalue weighted by Crippen LogP contribution is -2.43. The predicted molar refractivity (Wildman–Crippen MR) is 126 cm³/mol. The summed E-state index contributed by atoms with van der Waals surface area (Å²) in [6.45, 7) is 8.53. The molecule has 0 spiro atoms. The summed E-state index contributed by atoms with van der Waals surface area (Å²) in [6.07, 6.45) is 1.67. The van der Waals surface area contributed by atoms with Gasteiger partial charge in [0.2, 0.25) is 5.91 Å². The van der Waals surface area contributed by atoms with Crippen LogP contribution in [0.2, 0.25) is 0 Å². The van der Waals surface area contributed by atoms with E-state index in [0.717, 1.165) is 54.3 Å². The normalized spacial score (nSPS) is 14.5. The third-order valence-electron chi connectivity index (χ3n) is 6.23. The molecule has 5 nitrogen and oxygen atoms in total. The summed E-state index contributed by atoms with van der Waals surface area (Å²) < 4.78 is 0. The van der Waals surface area contributed by atoms with Crippen molar-refractivity contribution < 1.29 is 4.79 Å². The van der Waals surface area contributed by atoms with E-state index >= 15 is 0 Å². The molecule has 0 N–H and O–H groups in total. The maximum atomic E-state index is 13.2. The molecule has 2 heterocycles. The maximum absolute atomic E-state index is 13.2. The summed E-state index contributed by atoms with van der Waals surface area (Å²) in [5.41, 5.74) is 5.36. The molecule has 1 saturated heterocycles. The minimum absolute atomic E-state index is 0.0509. The second kappa shape index (κ2) is 9.29. The summed E-state index contributed by atoms with van der Waals surface area (Å²) in [5.74, 6) is 1.17. The van der Waals surface area contributed by atoms with Crippen molar-refractivity contribution in [3.05, 3.63) is 71.8 Å². The number of carbonyl (C=O) groups excluding carboxylic acids is 1. The Morgan fingerprint density at radius 1 is 0.935 bits per heavy atom. The lowest BCUT2D eigenvalue weighted by Gasteiger charge is -2.34. The van der Waals surface area contributed by atoms with E-state index in [1.54, 1.807) is 0 Å². The molecule has 1 amide bonds. The van der Waals surface area contributed by atoms with Crippen LogP contribution < -0.4 is 9.80 Å². The fraction of sp³-hybridized carbons (Fsp3) is 0.346. The molecule has 1 aromatic heterocycles. The smallest absolute Gasteiger partial charge is 0.230 e. The molecule has 1 aliphatic heterocycles. The van der Waals surface area contributed by atoms with E-state index in [4.69, 9.17) is 0 Å². The first-order valence-corrected chi connectivity index (χ1v) is 11.1. The molecule has 0 unspecified atom stereocenters. The Balaban J connectivity index is 1.41. The average Bonchev–Trinajstić information content (AvgIpc) is 2.81. The van der Waals surface area contributed by atoms with Crippen LogP contribution in [0.1, 0.15) is 30.9 Å². The highest BCUT2D eigenvalue weighted by atomic mass is 16.2. The highest BCUT2D eigenvalue weighted by Crippen LogP contribution is 2.28. The minimum atomic E-state index is 0.0509. The van der Waals surface area contributed by atoms with Gasteiger partial charge < -0.3 is 9.80 Å². The molecule has 0 bridgehead atoms. The number of para-hydroxylation sites is 1. The van der Waals surface area contributed by atoms with Crippen LogP contribution in [0, 0.1) is 19.8 Å². The molecule has 2 aromatic carbocycles. The lowest BCUT2D eigenvalue weighted by atomic mass is 9.94. The third-order valence-corrected chi connectivity index (χ3v) is 6.23. The summed E-state index contributed by atoms with van der Waals surface area (Å²) >= 11 is 0. The zero-order chi connectivity index (χ0) is 21.8. The third kappa shape index (κ3) is 4.46. The molecule has 0 saturated carbocycles. The second-order valence-electron chi connectivity index (χ2n) is 8.22. The average molecular weight is 415 g/mol. The fourth-order valence-electron chi connectivity index (χ4n) is 4.38. The Labute approximate surface area is 184 Å². The zero-order valence-corrected chi connectivity index (χ0v) is 18.6. The van der Waals surface area contributed by atoms with Gasteiger partial charge in [-0.15, -0.1) is 10.2 Å². The maximum Gasteiger partial charge on any atom is 0.230 e. The largest absolute Gasteiger partial charge is 0.355 e. The standard InChI is InChI=1S/C26H30N4O/c1-4-30(24-12-8-6-10-20(24)3)26(31)21-15-17-29(18-16-21)25-14-13-23(27-28-25)22-11-7-5-9-19(22)2/h5-14,21H,4,15-18H2,1-3H3. The Kier molecular flexibility index (Phi) is 6.31. The Morgan fingerprint density at radius 2 is 1.61 bits per heavy atom. The van der Waals surface area contributed by atoms with Gasteiger partial charge in [-0.2, -0.15) is 0 Å². The van der Waals surface area contributed by atoms with Gasteiger partial charge in [-0.05, 0) is 62.9 Å². The predicted octanol–water partition coefficient (Wildman–Crippen LogP) is 5.03. The van der Waals surface area contributed by atoms with Crippen molar-refractivity contribution in [3.63, 3.8) is 0 Å². The number of nitrogens with zero attached hydrogens (tertiary/aromatic N) is 4. The van der Waals surface area contributed by atoms with Gasteiger partial charge >= 0.3 is 0 Å². The van der Waals surface area contributed by atoms with Gasteiger partial charge in [-0.3, -0.25) is 4.79 Å². The van der Waals surface area contributed by atoms with Gasteiger partial charge in [0.25, 0.3) is 0 Å². The number of amides is 1. The number of carbonyl (C=O) groups is 1. The van der Waals surface area contributed by atoms with Gasteiger partial charge in [-0.1, -0.05) is 42.5 Å². The SMILES string of the molecule is CCN(C(=O)C1CCN(c2ccc(-c3ccccc3C)nn2)CC1)c1ccccc1C. The van der Waals surface area contributed by atoms with Crippen molar-refractivity contribution in [2.24, 2.45) is 5.92 Å². The molecule has 160 valence electrons. The number of aryl methyl sites for hydroxylation is 2. The first-order chi connectivity index (χ1) is 15.1. The number of aromatic nitrogens is 2. The van der Waals surface area contributed by atoms with E-state index in [1.807, 2.05) is 54.3 Å². The summed E-state index contributed by atoms with van der Waals surface area (Å²) in [4.78, 5) is 17.4. The van der Waals surface area contributed by atoms with Crippen LogP contribution >= 0.6 is 0 Å². The van der Waals surface area contributed by atoms with Gasteiger partial charge in [0.15, 0.2) is 5.82 Å². The zero-order valence-electron chi connectivity index (χ0n) is 18.6. The van der Waals surface area contributed by atoms with E-state index in [2.05, 4.69) is 47.1 Å². The highest BCUT2D eigenvalue weighted by molar-refractivity contribution is 5.95. The molecular weight excluding hydrogens is 384 g/mol. The van der Waals surface area contributed by atoms with Crippen molar-refractivity contribution in [1.29, 1.82) is 0 Å². The second-order valence-corrected chi connectivity index (χ2v) is 8.22. The van der Waals surface area contributed by atoms with E-state index < -0.39 is 0 Å². The van der Waals surface area contributed by atoms with Gasteiger partial charge in [-0.25, -0.2) is 0 Å². The van der Waals surface area contributed by atoms with E-state index in [9.17, 15) is 4.79 Å². The van der Waals surface area contributed by atoms with Crippen molar-refractivity contribution in [2.45, 2.75) is 33.6 Å². The van der Waals surface area contributed by atoms with Gasteiger partial charge in [0.05, 0.1) is 5.69 Å². The molecule has 0 aliphatic carbocycles. The highest BCUT2D eigenvalue weighted by Gasteiger charge is 2.29. The first kappa shape index (κ1) is 21.0. The number of anilines is 2. The topological polar surface area (TPSA) is 49.3 Å². The Bertz CT molecular complexity index is 1040. The number of rotatable bonds is 5. The number of benzene rings is 2. The molecule has 31 heavy (non-hydrogen) atoms. The van der Waals surface area contributed by atoms with E-state index in [1.165, 1.54) is 5.56 Å². The quantitative estimate of drug-likeness (QED) is 0.588. The van der Waals surface area contributed by atoms with Crippen molar-refractivity contribution in [1.82, 2.24) is 10.2 Å². The molecule has 3 aromatic rings. The summed E-state index contributed by atoms with van der Waals surface area (Å²) in [7, 11) is 0. The lowest BCUT2D eigenvalue weighted by molar-refractivity contribution is -0.122. The van der Waals surface area contributed by atoms with Crippen molar-refractivity contribution in [3.8, 4) is 11.3 Å². The van der Waals surface area contributed by atoms with Crippen LogP contribution in [0.5, 0.6) is 0 Å². The molecule has 1 fully saturated rings. The van der Waals surface area contributed by atoms with Crippen LogP contribution in [0.25, 0.3) is 11.3 Å². The van der Waals surface area contributed by atoms with Crippen molar-refractivity contribution >= 4 is 17.4 Å². The van der Waals surface area contributed by atoms with Gasteiger partial charge in [0.1, 0.15) is 0 Å². The van der Waals surface area contributed by atoms with Crippen molar-refractivity contribution in [2.75, 3.05) is 29.4 Å². The van der Waals surface area contributed by atoms with Crippen LogP contribution in [0.15, 0.2) is 60.7 Å². The molecule has 0 radical (unpaired) electrons. The monoisotopic (exact) mass is 414 g/mol. The van der Waals surface area contributed by atoms with Crippen LogP contribution in [-0.2, 0) is 4.79 Å². The molecule has 1 aliphatic rings. The van der Waals surface area contributed by atoms with E-state index in [0.29, 0.717) is 6.54 Å². The number of hydrogen-bond acceptors (Lipinski definition) is 4. The fourth-order valence-corrected chi connectivity index (χ4v) is 4.38. The Hall–Kier alpha value is -3.21. The van der Waals surface area contributed by atoms with Crippen LogP contribution in [-0.4, -0.2) is 35.7 Å². The molecule has 0 atom stereocenters. The van der Waals surface area contributed by atoms with Gasteiger partial charge in [0, 0.05) is 36.8 Å². The van der Waals surface area contributed by atoms with Crippen LogP contribution in [0.3, 0.4) is 0 Å². The Morgan fingerprint density at radius 3 is 2.23 bits per heavy atom. The summed E-state index contributed by atoms with van der Waals surface area (Å²) in [5, 5.41) is 8.94. The van der Waals surface area contributed by atoms with E-state index in [-0.39, 0.29) is 11.8 Å². The van der Waals surface area contributed by atoms with Crippen LogP contribution in [0.4, 0.5) is 11.5 Å². The summed E-state index contributed by atoms with van der Waals surface area (Å²) in [6, 6.07) is 20.4. The first-order valence-electron chi connectivity index (χ1n) is 11.1. The molecule has 5 heteroatoms. The molecular formula is C26H30N4O. The number of hydrogen-bond donors (Lipinski definition) is 0. The minimum Gasteiger partial charge on any atom is -0.355 e. The number of piperidine rings is 1.